The SMILES string of the molecule is CC1(C)[N+](=O)C(c2ccncc2)=[N+]([O-])C1(C)C. The number of nitroso groups, excluding NO2 is 1. The largest absolute Gasteiger partial charge is 0.618 e. The summed E-state index contributed by atoms with van der Waals surface area (Å²) in [7, 11) is 0. The number of aromatic nitrogens is 1. The molecule has 0 fully saturated rings. The Bertz CT molecular complexity index is 504. The van der Waals surface area contributed by atoms with Crippen LogP contribution >= 0.6 is 0 Å². The minimum absolute atomic E-state index is 0.155. The highest BCUT2D eigenvalue weighted by molar-refractivity contribution is 5.89. The van der Waals surface area contributed by atoms with Crippen LogP contribution in [-0.4, -0.2) is 31.4 Å². The van der Waals surface area contributed by atoms with Crippen molar-refractivity contribution in [2.45, 2.75) is 38.8 Å². The lowest BCUT2D eigenvalue weighted by Gasteiger charge is -2.22. The van der Waals surface area contributed by atoms with E-state index in [0.29, 0.717) is 5.56 Å². The highest BCUT2D eigenvalue weighted by atomic mass is 16.5. The van der Waals surface area contributed by atoms with Crippen LogP contribution in [-0.2, 0) is 0 Å². The van der Waals surface area contributed by atoms with Gasteiger partial charge in [0.1, 0.15) is 10.3 Å². The van der Waals surface area contributed by atoms with Crippen molar-refractivity contribution < 1.29 is 9.50 Å². The third-order valence-corrected chi connectivity index (χ3v) is 3.84. The van der Waals surface area contributed by atoms with E-state index in [1.54, 1.807) is 52.2 Å². The maximum Gasteiger partial charge on any atom is 0.504 e. The molecule has 0 aliphatic carbocycles. The van der Waals surface area contributed by atoms with Crippen molar-refractivity contribution in [1.29, 1.82) is 0 Å². The lowest BCUT2D eigenvalue weighted by Crippen LogP contribution is -2.50. The van der Waals surface area contributed by atoms with E-state index in [1.165, 1.54) is 0 Å². The third kappa shape index (κ3) is 1.38. The molecule has 5 heteroatoms. The molecule has 0 saturated carbocycles. The second-order valence-electron chi connectivity index (χ2n) is 5.27. The predicted octanol–water partition coefficient (Wildman–Crippen LogP) is 1.69. The average Bonchev–Trinajstić information content (AvgIpc) is 2.40. The summed E-state index contributed by atoms with van der Waals surface area (Å²) in [6, 6.07) is 3.34. The standard InChI is InChI=1S/C12H16N3O2/c1-11(2)12(3,4)15(17)10(14(11)16)9-5-7-13-8-6-9/h5-8H,1-4H3/q+1. The van der Waals surface area contributed by atoms with E-state index in [-0.39, 0.29) is 5.84 Å². The molecule has 1 aliphatic heterocycles. The van der Waals surface area contributed by atoms with E-state index in [0.717, 1.165) is 9.50 Å². The molecule has 5 nitrogen and oxygen atoms in total. The number of pyridine rings is 1. The van der Waals surface area contributed by atoms with Gasteiger partial charge in [0.15, 0.2) is 0 Å². The summed E-state index contributed by atoms with van der Waals surface area (Å²) in [5.74, 6) is 0.155. The molecule has 1 aromatic rings. The van der Waals surface area contributed by atoms with Crippen LogP contribution in [0.1, 0.15) is 33.3 Å². The first-order valence-electron chi connectivity index (χ1n) is 5.52. The Kier molecular flexibility index (Phi) is 2.31. The maximum atomic E-state index is 12.3. The Hall–Kier alpha value is -1.78. The van der Waals surface area contributed by atoms with E-state index in [1.807, 2.05) is 0 Å². The molecule has 0 bridgehead atoms. The molecule has 0 N–H and O–H groups in total. The summed E-state index contributed by atoms with van der Waals surface area (Å²) in [4.78, 5) is 16.2. The van der Waals surface area contributed by atoms with Gasteiger partial charge in [-0.2, -0.15) is 0 Å². The van der Waals surface area contributed by atoms with Crippen molar-refractivity contribution in [1.82, 2.24) is 4.98 Å². The topological polar surface area (TPSA) is 59.0 Å². The fraction of sp³-hybridized carbons (Fsp3) is 0.500. The minimum Gasteiger partial charge on any atom is -0.618 e. The number of hydrogen-bond acceptors (Lipinski definition) is 3. The molecule has 0 amide bonds. The van der Waals surface area contributed by atoms with Crippen molar-refractivity contribution in [3.05, 3.63) is 40.2 Å². The molecule has 1 aromatic heterocycles. The molecule has 90 valence electrons. The average molecular weight is 234 g/mol. The fourth-order valence-corrected chi connectivity index (χ4v) is 1.84. The number of nitrogens with zero attached hydrogens (tertiary/aromatic N) is 3. The zero-order chi connectivity index (χ0) is 12.8. The highest BCUT2D eigenvalue weighted by Gasteiger charge is 2.68. The summed E-state index contributed by atoms with van der Waals surface area (Å²) in [5, 5.41) is 12.3. The fourth-order valence-electron chi connectivity index (χ4n) is 1.84. The summed E-state index contributed by atoms with van der Waals surface area (Å²) in [6.45, 7) is 7.11. The molecular weight excluding hydrogens is 218 g/mol. The second kappa shape index (κ2) is 3.35. The molecule has 17 heavy (non-hydrogen) atoms. The molecule has 0 spiro atoms. The lowest BCUT2D eigenvalue weighted by molar-refractivity contribution is -0.555. The maximum absolute atomic E-state index is 12.3. The van der Waals surface area contributed by atoms with Crippen molar-refractivity contribution in [3.8, 4) is 0 Å². The van der Waals surface area contributed by atoms with Gasteiger partial charge in [-0.1, -0.05) is 0 Å². The molecule has 0 unspecified atom stereocenters. The molecule has 0 atom stereocenters. The van der Waals surface area contributed by atoms with Gasteiger partial charge in [0.25, 0.3) is 5.54 Å². The van der Waals surface area contributed by atoms with Crippen LogP contribution in [0.25, 0.3) is 0 Å². The first-order valence-corrected chi connectivity index (χ1v) is 5.52. The van der Waals surface area contributed by atoms with E-state index < -0.39 is 11.1 Å². The minimum atomic E-state index is -0.770. The highest BCUT2D eigenvalue weighted by Crippen LogP contribution is 2.34. The Morgan fingerprint density at radius 1 is 1.12 bits per heavy atom. The number of rotatable bonds is 1. The van der Waals surface area contributed by atoms with E-state index >= 15 is 0 Å². The van der Waals surface area contributed by atoms with Crippen LogP contribution < -0.4 is 0 Å². The molecule has 0 aromatic carbocycles. The van der Waals surface area contributed by atoms with Gasteiger partial charge >= 0.3 is 5.84 Å². The predicted molar refractivity (Wildman–Crippen MR) is 63.8 cm³/mol. The van der Waals surface area contributed by atoms with Gasteiger partial charge in [-0.05, 0) is 12.1 Å². The van der Waals surface area contributed by atoms with E-state index in [9.17, 15) is 10.1 Å². The number of hydrogen-bond donors (Lipinski definition) is 0. The molecule has 0 radical (unpaired) electrons. The molecule has 2 rings (SSSR count). The smallest absolute Gasteiger partial charge is 0.504 e. The number of hydroxylamine groups is 1. The van der Waals surface area contributed by atoms with Crippen LogP contribution in [0.2, 0.25) is 0 Å². The van der Waals surface area contributed by atoms with Crippen LogP contribution in [0, 0.1) is 10.1 Å². The van der Waals surface area contributed by atoms with Crippen LogP contribution in [0.3, 0.4) is 0 Å². The molecule has 2 heterocycles. The van der Waals surface area contributed by atoms with Gasteiger partial charge in [0, 0.05) is 45.0 Å². The van der Waals surface area contributed by atoms with Gasteiger partial charge in [0.2, 0.25) is 5.54 Å². The van der Waals surface area contributed by atoms with Gasteiger partial charge in [-0.3, -0.25) is 4.98 Å². The Balaban J connectivity index is 2.64. The second-order valence-corrected chi connectivity index (χ2v) is 5.27. The quantitative estimate of drug-likeness (QED) is 0.548. The molecule has 1 aliphatic rings. The van der Waals surface area contributed by atoms with Crippen LogP contribution in [0.15, 0.2) is 24.5 Å². The monoisotopic (exact) mass is 234 g/mol. The molecular formula is C12H16N3O2+. The lowest BCUT2D eigenvalue weighted by atomic mass is 9.84. The van der Waals surface area contributed by atoms with Crippen molar-refractivity contribution in [2.24, 2.45) is 0 Å². The summed E-state index contributed by atoms with van der Waals surface area (Å²) in [6.07, 6.45) is 3.14. The third-order valence-electron chi connectivity index (χ3n) is 3.84. The normalized spacial score (nSPS) is 22.0. The van der Waals surface area contributed by atoms with E-state index in [4.69, 9.17) is 0 Å². The Morgan fingerprint density at radius 2 is 1.65 bits per heavy atom. The summed E-state index contributed by atoms with van der Waals surface area (Å²) >= 11 is 0. The first-order chi connectivity index (χ1) is 7.80. The summed E-state index contributed by atoms with van der Waals surface area (Å²) < 4.78 is 1.60. The van der Waals surface area contributed by atoms with Gasteiger partial charge < -0.3 is 5.21 Å². The number of amidine groups is 1. The Labute approximate surface area is 100.0 Å². The zero-order valence-electron chi connectivity index (χ0n) is 10.5. The van der Waals surface area contributed by atoms with Gasteiger partial charge in [0.05, 0.1) is 0 Å². The van der Waals surface area contributed by atoms with Crippen molar-refractivity contribution >= 4 is 5.84 Å². The van der Waals surface area contributed by atoms with Crippen LogP contribution in [0.5, 0.6) is 0 Å². The van der Waals surface area contributed by atoms with Crippen molar-refractivity contribution in [2.75, 3.05) is 0 Å². The van der Waals surface area contributed by atoms with Gasteiger partial charge in [-0.25, -0.2) is 0 Å². The first kappa shape index (κ1) is 11.7. The van der Waals surface area contributed by atoms with Crippen LogP contribution in [0.4, 0.5) is 0 Å². The van der Waals surface area contributed by atoms with Gasteiger partial charge in [-0.15, -0.1) is 4.74 Å². The summed E-state index contributed by atoms with van der Waals surface area (Å²) in [5.41, 5.74) is -0.940. The Morgan fingerprint density at radius 3 is 2.06 bits per heavy atom. The van der Waals surface area contributed by atoms with E-state index in [2.05, 4.69) is 4.98 Å². The zero-order valence-corrected chi connectivity index (χ0v) is 10.5. The van der Waals surface area contributed by atoms with Crippen molar-refractivity contribution in [3.63, 3.8) is 0 Å². The molecule has 0 saturated heterocycles.